The van der Waals surface area contributed by atoms with Crippen LogP contribution in [0.25, 0.3) is 0 Å². The Labute approximate surface area is 105 Å². The maximum Gasteiger partial charge on any atom is 0.131 e. The van der Waals surface area contributed by atoms with Gasteiger partial charge < -0.3 is 10.6 Å². The van der Waals surface area contributed by atoms with Crippen LogP contribution in [-0.4, -0.2) is 4.98 Å². The van der Waals surface area contributed by atoms with Crippen molar-refractivity contribution in [3.63, 3.8) is 0 Å². The summed E-state index contributed by atoms with van der Waals surface area (Å²) in [6.45, 7) is 1.75. The fourth-order valence-electron chi connectivity index (χ4n) is 2.21. The Balaban J connectivity index is 1.96. The maximum absolute atomic E-state index is 5.94. The van der Waals surface area contributed by atoms with Crippen molar-refractivity contribution in [2.45, 2.75) is 13.1 Å². The molecule has 86 valence electrons. The molecule has 3 nitrogen and oxygen atoms in total. The molecule has 4 heteroatoms. The van der Waals surface area contributed by atoms with E-state index in [-0.39, 0.29) is 0 Å². The normalized spacial score (nSPS) is 13.8. The first-order valence-electron chi connectivity index (χ1n) is 5.47. The Morgan fingerprint density at radius 2 is 1.82 bits per heavy atom. The molecular weight excluding hydrogens is 234 g/mol. The van der Waals surface area contributed by atoms with Crippen molar-refractivity contribution in [3.8, 4) is 0 Å². The lowest BCUT2D eigenvalue weighted by atomic mass is 10.1. The van der Waals surface area contributed by atoms with Crippen LogP contribution in [-0.2, 0) is 13.1 Å². The maximum atomic E-state index is 5.94. The molecule has 1 aliphatic heterocycles. The Kier molecular flexibility index (Phi) is 2.41. The highest BCUT2D eigenvalue weighted by atomic mass is 35.5. The van der Waals surface area contributed by atoms with Crippen LogP contribution < -0.4 is 10.6 Å². The summed E-state index contributed by atoms with van der Waals surface area (Å²) in [5.74, 6) is 0. The molecule has 0 saturated carbocycles. The third-order valence-electron chi connectivity index (χ3n) is 3.06. The Morgan fingerprint density at radius 3 is 2.47 bits per heavy atom. The van der Waals surface area contributed by atoms with Crippen LogP contribution in [0.4, 0.5) is 11.4 Å². The molecule has 2 aromatic rings. The minimum atomic E-state index is 0.477. The van der Waals surface area contributed by atoms with Gasteiger partial charge in [0.2, 0.25) is 0 Å². The number of nitrogens with zero attached hydrogens (tertiary/aromatic N) is 2. The first-order valence-corrected chi connectivity index (χ1v) is 5.84. The smallest absolute Gasteiger partial charge is 0.131 e. The second-order valence-corrected chi connectivity index (χ2v) is 4.58. The number of hydrogen-bond acceptors (Lipinski definition) is 3. The van der Waals surface area contributed by atoms with Crippen molar-refractivity contribution in [2.24, 2.45) is 0 Å². The predicted molar refractivity (Wildman–Crippen MR) is 70.0 cm³/mol. The molecule has 3 rings (SSSR count). The lowest BCUT2D eigenvalue weighted by Gasteiger charge is -2.19. The molecule has 2 N–H and O–H groups in total. The van der Waals surface area contributed by atoms with E-state index in [1.165, 1.54) is 11.1 Å². The fraction of sp³-hybridized carbons (Fsp3) is 0.154. The Hall–Kier alpha value is -1.74. The fourth-order valence-corrected chi connectivity index (χ4v) is 2.36. The van der Waals surface area contributed by atoms with E-state index in [4.69, 9.17) is 17.3 Å². The van der Waals surface area contributed by atoms with E-state index in [1.807, 2.05) is 6.07 Å². The van der Waals surface area contributed by atoms with E-state index < -0.39 is 0 Å². The molecule has 0 radical (unpaired) electrons. The van der Waals surface area contributed by atoms with Gasteiger partial charge in [0.25, 0.3) is 0 Å². The first kappa shape index (κ1) is 10.4. The van der Waals surface area contributed by atoms with Gasteiger partial charge in [-0.05, 0) is 11.1 Å². The van der Waals surface area contributed by atoms with Crippen LogP contribution in [0, 0.1) is 0 Å². The summed E-state index contributed by atoms with van der Waals surface area (Å²) in [7, 11) is 0. The third kappa shape index (κ3) is 1.83. The van der Waals surface area contributed by atoms with E-state index in [9.17, 15) is 0 Å². The molecule has 1 aliphatic rings. The third-order valence-corrected chi connectivity index (χ3v) is 3.27. The van der Waals surface area contributed by atoms with Crippen LogP contribution in [0.1, 0.15) is 11.1 Å². The van der Waals surface area contributed by atoms with E-state index in [0.717, 1.165) is 18.8 Å². The Morgan fingerprint density at radius 1 is 1.18 bits per heavy atom. The molecule has 1 aromatic heterocycles. The SMILES string of the molecule is Nc1cnc(Cl)cc1N1Cc2ccccc2C1. The summed E-state index contributed by atoms with van der Waals surface area (Å²) in [6.07, 6.45) is 1.61. The summed E-state index contributed by atoms with van der Waals surface area (Å²) >= 11 is 5.91. The van der Waals surface area contributed by atoms with Crippen molar-refractivity contribution in [1.29, 1.82) is 0 Å². The summed E-state index contributed by atoms with van der Waals surface area (Å²) in [5.41, 5.74) is 10.3. The minimum Gasteiger partial charge on any atom is -0.396 e. The van der Waals surface area contributed by atoms with Crippen LogP contribution in [0.2, 0.25) is 5.15 Å². The highest BCUT2D eigenvalue weighted by molar-refractivity contribution is 6.29. The standard InChI is InChI=1S/C13H12ClN3/c14-13-5-12(11(15)6-16-13)17-7-9-3-1-2-4-10(9)8-17/h1-6H,7-8,15H2. The molecular formula is C13H12ClN3. The van der Waals surface area contributed by atoms with Crippen LogP contribution in [0.5, 0.6) is 0 Å². The lowest BCUT2D eigenvalue weighted by molar-refractivity contribution is 0.880. The lowest BCUT2D eigenvalue weighted by Crippen LogP contribution is -2.16. The molecule has 2 heterocycles. The zero-order valence-corrected chi connectivity index (χ0v) is 9.98. The van der Waals surface area contributed by atoms with Crippen molar-refractivity contribution >= 4 is 23.0 Å². The number of anilines is 2. The van der Waals surface area contributed by atoms with Gasteiger partial charge in [-0.2, -0.15) is 0 Å². The van der Waals surface area contributed by atoms with Gasteiger partial charge in [-0.15, -0.1) is 0 Å². The zero-order chi connectivity index (χ0) is 11.8. The molecule has 0 atom stereocenters. The molecule has 0 amide bonds. The number of fused-ring (bicyclic) bond motifs is 1. The average Bonchev–Trinajstić information content (AvgIpc) is 2.75. The van der Waals surface area contributed by atoms with Gasteiger partial charge in [0, 0.05) is 19.2 Å². The Bertz CT molecular complexity index is 543. The summed E-state index contributed by atoms with van der Waals surface area (Å²) in [6, 6.07) is 10.2. The number of nitrogens with two attached hydrogens (primary N) is 1. The topological polar surface area (TPSA) is 42.1 Å². The van der Waals surface area contributed by atoms with Gasteiger partial charge >= 0.3 is 0 Å². The molecule has 0 spiro atoms. The van der Waals surface area contributed by atoms with E-state index in [1.54, 1.807) is 6.20 Å². The number of pyridine rings is 1. The second kappa shape index (κ2) is 3.93. The molecule has 17 heavy (non-hydrogen) atoms. The minimum absolute atomic E-state index is 0.477. The number of aromatic nitrogens is 1. The quantitative estimate of drug-likeness (QED) is 0.786. The molecule has 0 saturated heterocycles. The largest absolute Gasteiger partial charge is 0.396 e. The molecule has 1 aromatic carbocycles. The highest BCUT2D eigenvalue weighted by Gasteiger charge is 2.20. The molecule has 0 bridgehead atoms. The van der Waals surface area contributed by atoms with E-state index >= 15 is 0 Å². The molecule has 0 aliphatic carbocycles. The molecule has 0 unspecified atom stereocenters. The summed E-state index contributed by atoms with van der Waals surface area (Å²) in [5, 5.41) is 0.477. The predicted octanol–water partition coefficient (Wildman–Crippen LogP) is 2.84. The number of halogens is 1. The van der Waals surface area contributed by atoms with Gasteiger partial charge in [-0.25, -0.2) is 4.98 Å². The van der Waals surface area contributed by atoms with E-state index in [0.29, 0.717) is 10.8 Å². The van der Waals surface area contributed by atoms with Gasteiger partial charge in [0.05, 0.1) is 17.6 Å². The van der Waals surface area contributed by atoms with Gasteiger partial charge in [0.1, 0.15) is 5.15 Å². The number of rotatable bonds is 1. The van der Waals surface area contributed by atoms with Crippen molar-refractivity contribution < 1.29 is 0 Å². The van der Waals surface area contributed by atoms with Crippen LogP contribution in [0.3, 0.4) is 0 Å². The summed E-state index contributed by atoms with van der Waals surface area (Å²) in [4.78, 5) is 6.19. The van der Waals surface area contributed by atoms with Gasteiger partial charge in [-0.1, -0.05) is 35.9 Å². The number of hydrogen-bond donors (Lipinski definition) is 1. The summed E-state index contributed by atoms with van der Waals surface area (Å²) < 4.78 is 0. The van der Waals surface area contributed by atoms with Crippen molar-refractivity contribution in [3.05, 3.63) is 52.8 Å². The van der Waals surface area contributed by atoms with Gasteiger partial charge in [0.15, 0.2) is 0 Å². The molecule has 0 fully saturated rings. The van der Waals surface area contributed by atoms with Crippen molar-refractivity contribution in [2.75, 3.05) is 10.6 Å². The van der Waals surface area contributed by atoms with Crippen LogP contribution in [0.15, 0.2) is 36.5 Å². The number of benzene rings is 1. The highest BCUT2D eigenvalue weighted by Crippen LogP contribution is 2.32. The first-order chi connectivity index (χ1) is 8.24. The average molecular weight is 246 g/mol. The number of nitrogen functional groups attached to an aromatic ring is 1. The zero-order valence-electron chi connectivity index (χ0n) is 9.23. The second-order valence-electron chi connectivity index (χ2n) is 4.19. The van der Waals surface area contributed by atoms with E-state index in [2.05, 4.69) is 34.1 Å². The monoisotopic (exact) mass is 245 g/mol. The van der Waals surface area contributed by atoms with Crippen molar-refractivity contribution in [1.82, 2.24) is 4.98 Å². The van der Waals surface area contributed by atoms with Crippen LogP contribution >= 0.6 is 11.6 Å². The van der Waals surface area contributed by atoms with Gasteiger partial charge in [-0.3, -0.25) is 0 Å².